The van der Waals surface area contributed by atoms with E-state index in [4.69, 9.17) is 4.74 Å². The summed E-state index contributed by atoms with van der Waals surface area (Å²) in [6.07, 6.45) is 11.4. The van der Waals surface area contributed by atoms with Gasteiger partial charge in [-0.15, -0.1) is 41.0 Å². The van der Waals surface area contributed by atoms with E-state index >= 15 is 0 Å². The number of carbonyl (C=O) groups excluding carboxylic acids is 1. The molecule has 1 saturated carbocycles. The minimum Gasteiger partial charge on any atom is -0.464 e. The summed E-state index contributed by atoms with van der Waals surface area (Å²) in [5, 5.41) is 4.19. The van der Waals surface area contributed by atoms with Crippen LogP contribution in [0.1, 0.15) is 39.5 Å². The van der Waals surface area contributed by atoms with E-state index in [2.05, 4.69) is 103 Å². The van der Waals surface area contributed by atoms with Crippen molar-refractivity contribution in [2.24, 2.45) is 0 Å². The SMILES string of the molecule is CC1OC(=O)c2ccccc2C(=[C-]c2ccccc2)C1=[C-]c1ccc(C(F)(F)F)cc1.[CH]1[CH][CH][CH][CH]1.[Co+3].c1ccc(P(c2ccccc2)c2ccccc2)cc1. The first-order valence-corrected chi connectivity index (χ1v) is 19.0. The second kappa shape index (κ2) is 20.8. The van der Waals surface area contributed by atoms with Gasteiger partial charge in [0.15, 0.2) is 0 Å². The van der Waals surface area contributed by atoms with Gasteiger partial charge < -0.3 is 4.74 Å². The minimum absolute atomic E-state index is 0. The molecule has 5 radical (unpaired) electrons. The molecular formula is C49H37CoF3O2P+. The zero-order chi connectivity index (χ0) is 38.5. The monoisotopic (exact) mass is 804 g/mol. The van der Waals surface area contributed by atoms with Crippen molar-refractivity contribution in [1.82, 2.24) is 0 Å². The third kappa shape index (κ3) is 11.5. The van der Waals surface area contributed by atoms with Crippen molar-refractivity contribution >= 4 is 35.4 Å². The Bertz CT molecular complexity index is 2070. The van der Waals surface area contributed by atoms with Gasteiger partial charge in [0.05, 0.1) is 6.10 Å². The van der Waals surface area contributed by atoms with Crippen molar-refractivity contribution < 1.29 is 39.5 Å². The Morgan fingerprint density at radius 2 is 0.911 bits per heavy atom. The van der Waals surface area contributed by atoms with Gasteiger partial charge >= 0.3 is 28.9 Å². The van der Waals surface area contributed by atoms with Gasteiger partial charge in [0.1, 0.15) is 0 Å². The summed E-state index contributed by atoms with van der Waals surface area (Å²) in [5.74, 6) is -0.473. The number of ether oxygens (including phenoxy) is 1. The number of cyclic esters (lactones) is 1. The molecule has 1 unspecified atom stereocenters. The molecule has 6 aromatic rings. The standard InChI is InChI=1S/C26H17F3O2.C18H15P.C5H5.Co/c1-17-23(15-19-11-13-20(14-12-19)26(27,28)29)24(16-18-7-3-2-4-8-18)21-9-5-6-10-22(21)25(30)31-17;1-4-10-16(11-5-1)19(17-12-6-2-7-13-17)18-14-8-3-9-15-18;1-2-4-5-3-1;/h2-14,17H,1H3;1-15H;1-5H;/q-2;;;+3. The van der Waals surface area contributed by atoms with Gasteiger partial charge in [0.2, 0.25) is 0 Å². The fraction of sp³-hybridized carbons (Fsp3) is 0.0612. The Kier molecular flexibility index (Phi) is 15.6. The number of esters is 1. The average molecular weight is 805 g/mol. The average Bonchev–Trinajstić information content (AvgIpc) is 3.80. The first-order valence-electron chi connectivity index (χ1n) is 17.7. The molecule has 2 aliphatic rings. The second-order valence-corrected chi connectivity index (χ2v) is 14.6. The molecule has 1 atom stereocenters. The number of alkyl halides is 3. The van der Waals surface area contributed by atoms with Crippen molar-refractivity contribution in [1.29, 1.82) is 0 Å². The third-order valence-electron chi connectivity index (χ3n) is 8.51. The quantitative estimate of drug-likeness (QED) is 0.0986. The molecule has 1 heterocycles. The summed E-state index contributed by atoms with van der Waals surface area (Å²) in [4.78, 5) is 12.6. The third-order valence-corrected chi connectivity index (χ3v) is 11.0. The number of halogens is 3. The number of hydrogen-bond acceptors (Lipinski definition) is 2. The number of fused-ring (bicyclic) bond motifs is 1. The van der Waals surface area contributed by atoms with Gasteiger partial charge in [0, 0.05) is 11.1 Å². The van der Waals surface area contributed by atoms with Crippen molar-refractivity contribution in [3.63, 3.8) is 0 Å². The number of hydrogen-bond donors (Lipinski definition) is 0. The van der Waals surface area contributed by atoms with Crippen LogP contribution in [0.2, 0.25) is 0 Å². The fourth-order valence-corrected chi connectivity index (χ4v) is 8.18. The Balaban J connectivity index is 0.000000203. The van der Waals surface area contributed by atoms with E-state index < -0.39 is 31.7 Å². The van der Waals surface area contributed by atoms with E-state index in [1.54, 1.807) is 25.1 Å². The van der Waals surface area contributed by atoms with E-state index in [0.717, 1.165) is 17.7 Å². The Morgan fingerprint density at radius 1 is 0.518 bits per heavy atom. The fourth-order valence-electron chi connectivity index (χ4n) is 5.87. The maximum absolute atomic E-state index is 12.9. The van der Waals surface area contributed by atoms with Crippen LogP contribution in [0.25, 0.3) is 5.57 Å². The van der Waals surface area contributed by atoms with Gasteiger partial charge in [-0.2, -0.15) is 36.5 Å². The summed E-state index contributed by atoms with van der Waals surface area (Å²) in [7, 11) is -0.446. The Hall–Kier alpha value is -5.00. The van der Waals surface area contributed by atoms with Crippen LogP contribution in [0.4, 0.5) is 13.2 Å². The molecule has 56 heavy (non-hydrogen) atoms. The summed E-state index contributed by atoms with van der Waals surface area (Å²) < 4.78 is 44.3. The molecule has 1 fully saturated rings. The van der Waals surface area contributed by atoms with E-state index in [9.17, 15) is 18.0 Å². The van der Waals surface area contributed by atoms with E-state index in [0.29, 0.717) is 27.8 Å². The van der Waals surface area contributed by atoms with Crippen LogP contribution in [-0.2, 0) is 27.7 Å². The molecule has 1 aliphatic heterocycles. The minimum atomic E-state index is -4.41. The van der Waals surface area contributed by atoms with Crippen LogP contribution < -0.4 is 15.9 Å². The van der Waals surface area contributed by atoms with Gasteiger partial charge in [-0.1, -0.05) is 146 Å². The predicted molar refractivity (Wildman–Crippen MR) is 217 cm³/mol. The second-order valence-electron chi connectivity index (χ2n) is 12.4. The van der Waals surface area contributed by atoms with E-state index in [1.807, 2.05) is 68.5 Å². The molecule has 0 N–H and O–H groups in total. The van der Waals surface area contributed by atoms with Crippen molar-refractivity contribution in [2.45, 2.75) is 19.2 Å². The van der Waals surface area contributed by atoms with Crippen molar-refractivity contribution in [3.05, 3.63) is 248 Å². The molecule has 279 valence electrons. The van der Waals surface area contributed by atoms with Crippen LogP contribution in [-0.4, -0.2) is 12.1 Å². The maximum Gasteiger partial charge on any atom is 3.00 e. The maximum atomic E-state index is 12.9. The Labute approximate surface area is 340 Å². The summed E-state index contributed by atoms with van der Waals surface area (Å²) in [5.41, 5.74) is 2.67. The van der Waals surface area contributed by atoms with Crippen LogP contribution in [0.5, 0.6) is 0 Å². The van der Waals surface area contributed by atoms with Gasteiger partial charge in [-0.05, 0) is 62.9 Å². The summed E-state index contributed by atoms with van der Waals surface area (Å²) >= 11 is 0. The molecule has 0 amide bonds. The normalized spacial score (nSPS) is 16.3. The first-order chi connectivity index (χ1) is 26.8. The van der Waals surface area contributed by atoms with Crippen molar-refractivity contribution in [2.75, 3.05) is 0 Å². The predicted octanol–water partition coefficient (Wildman–Crippen LogP) is 10.7. The largest absolute Gasteiger partial charge is 3.00 e. The molecule has 2 nitrogen and oxygen atoms in total. The zero-order valence-electron chi connectivity index (χ0n) is 30.4. The molecule has 0 spiro atoms. The Morgan fingerprint density at radius 3 is 1.36 bits per heavy atom. The summed E-state index contributed by atoms with van der Waals surface area (Å²) in [6, 6.07) is 53.5. The van der Waals surface area contributed by atoms with Gasteiger partial charge in [-0.25, -0.2) is 4.79 Å². The molecular weight excluding hydrogens is 767 g/mol. The molecule has 1 aliphatic carbocycles. The zero-order valence-corrected chi connectivity index (χ0v) is 32.3. The molecule has 0 aromatic heterocycles. The smallest absolute Gasteiger partial charge is 0.464 e. The van der Waals surface area contributed by atoms with Crippen LogP contribution >= 0.6 is 7.92 Å². The van der Waals surface area contributed by atoms with Gasteiger partial charge in [0.25, 0.3) is 0 Å². The summed E-state index contributed by atoms with van der Waals surface area (Å²) in [6.45, 7) is 1.71. The number of rotatable bonds is 5. The molecule has 0 saturated heterocycles. The van der Waals surface area contributed by atoms with Crippen molar-refractivity contribution in [3.8, 4) is 0 Å². The van der Waals surface area contributed by atoms with E-state index in [1.165, 1.54) is 28.0 Å². The van der Waals surface area contributed by atoms with Crippen LogP contribution in [0.15, 0.2) is 175 Å². The number of benzene rings is 6. The number of carbonyl (C=O) groups is 1. The molecule has 8 rings (SSSR count). The molecule has 6 aromatic carbocycles. The van der Waals surface area contributed by atoms with Gasteiger partial charge in [-0.3, -0.25) is 0 Å². The van der Waals surface area contributed by atoms with Crippen LogP contribution in [0.3, 0.4) is 0 Å². The molecule has 7 heteroatoms. The molecule has 0 bridgehead atoms. The van der Waals surface area contributed by atoms with E-state index in [-0.39, 0.29) is 16.8 Å². The van der Waals surface area contributed by atoms with Crippen LogP contribution in [0, 0.1) is 44.3 Å². The first kappa shape index (κ1) is 42.1. The topological polar surface area (TPSA) is 26.3 Å².